The highest BCUT2D eigenvalue weighted by Crippen LogP contribution is 2.14. The summed E-state index contributed by atoms with van der Waals surface area (Å²) in [5.41, 5.74) is 1.90. The molecule has 0 bridgehead atoms. The van der Waals surface area contributed by atoms with Crippen molar-refractivity contribution < 1.29 is 4.79 Å². The smallest absolute Gasteiger partial charge is 0.255 e. The summed E-state index contributed by atoms with van der Waals surface area (Å²) in [6.45, 7) is 3.81. The third-order valence-electron chi connectivity index (χ3n) is 1.93. The van der Waals surface area contributed by atoms with Gasteiger partial charge in [0.2, 0.25) is 0 Å². The van der Waals surface area contributed by atoms with Gasteiger partial charge in [0, 0.05) is 23.7 Å². The Kier molecular flexibility index (Phi) is 1.36. The van der Waals surface area contributed by atoms with Gasteiger partial charge in [0.05, 0.1) is 0 Å². The molecule has 1 amide bonds. The van der Waals surface area contributed by atoms with Crippen molar-refractivity contribution in [1.82, 2.24) is 15.5 Å². The van der Waals surface area contributed by atoms with Crippen LogP contribution in [0, 0.1) is 0 Å². The second-order valence-electron chi connectivity index (χ2n) is 3.08. The molecule has 1 unspecified atom stereocenters. The molecule has 2 N–H and O–H groups in total. The van der Waals surface area contributed by atoms with E-state index in [1.54, 1.807) is 11.0 Å². The molecule has 4 nitrogen and oxygen atoms in total. The number of carbonyl (C=O) groups excluding carboxylic acids is 1. The summed E-state index contributed by atoms with van der Waals surface area (Å²) in [5, 5.41) is 6.27. The maximum atomic E-state index is 11.4. The molecular formula is C8H11N3O. The van der Waals surface area contributed by atoms with Gasteiger partial charge in [-0.25, -0.2) is 0 Å². The number of nitrogens with one attached hydrogen (secondary N) is 2. The Hall–Kier alpha value is -1.45. The fourth-order valence-corrected chi connectivity index (χ4v) is 1.42. The van der Waals surface area contributed by atoms with E-state index in [0.29, 0.717) is 0 Å². The molecule has 0 aromatic rings. The number of rotatable bonds is 0. The molecule has 0 saturated carbocycles. The summed E-state index contributed by atoms with van der Waals surface area (Å²) in [6, 6.07) is 0. The van der Waals surface area contributed by atoms with Gasteiger partial charge in [-0.2, -0.15) is 0 Å². The van der Waals surface area contributed by atoms with Crippen molar-refractivity contribution in [3.8, 4) is 0 Å². The van der Waals surface area contributed by atoms with Gasteiger partial charge >= 0.3 is 0 Å². The Balaban J connectivity index is 2.27. The van der Waals surface area contributed by atoms with Crippen molar-refractivity contribution >= 4 is 5.91 Å². The molecule has 0 radical (unpaired) electrons. The summed E-state index contributed by atoms with van der Waals surface area (Å²) in [7, 11) is 0. The van der Waals surface area contributed by atoms with E-state index in [0.717, 1.165) is 11.4 Å². The van der Waals surface area contributed by atoms with Crippen LogP contribution in [0.25, 0.3) is 0 Å². The van der Waals surface area contributed by atoms with Gasteiger partial charge in [-0.05, 0) is 13.8 Å². The summed E-state index contributed by atoms with van der Waals surface area (Å²) in [4.78, 5) is 13.0. The van der Waals surface area contributed by atoms with Gasteiger partial charge in [-0.15, -0.1) is 0 Å². The number of hydrogen-bond acceptors (Lipinski definition) is 3. The van der Waals surface area contributed by atoms with Crippen molar-refractivity contribution in [2.24, 2.45) is 0 Å². The lowest BCUT2D eigenvalue weighted by molar-refractivity contribution is -0.126. The third-order valence-corrected chi connectivity index (χ3v) is 1.93. The number of hydrogen-bond donors (Lipinski definition) is 2. The largest absolute Gasteiger partial charge is 0.352 e. The molecular weight excluding hydrogens is 154 g/mol. The molecule has 0 spiro atoms. The molecule has 0 aromatic carbocycles. The van der Waals surface area contributed by atoms with Crippen LogP contribution in [0.1, 0.15) is 13.8 Å². The molecule has 2 aliphatic heterocycles. The van der Waals surface area contributed by atoms with Crippen molar-refractivity contribution in [3.63, 3.8) is 0 Å². The highest BCUT2D eigenvalue weighted by atomic mass is 16.2. The zero-order valence-corrected chi connectivity index (χ0v) is 7.09. The fraction of sp³-hybridized carbons (Fsp3) is 0.375. The minimum atomic E-state index is -0.0810. The molecule has 2 heterocycles. The lowest BCUT2D eigenvalue weighted by Gasteiger charge is -2.28. The molecule has 4 heteroatoms. The minimum absolute atomic E-state index is 0.0283. The van der Waals surface area contributed by atoms with Gasteiger partial charge in [0.15, 0.2) is 6.29 Å². The Labute approximate surface area is 70.9 Å². The average Bonchev–Trinajstić information content (AvgIpc) is 2.29. The van der Waals surface area contributed by atoms with Crippen LogP contribution in [-0.4, -0.2) is 17.1 Å². The summed E-state index contributed by atoms with van der Waals surface area (Å²) in [5.74, 6) is 0.0283. The zero-order chi connectivity index (χ0) is 8.72. The maximum Gasteiger partial charge on any atom is 0.255 e. The van der Waals surface area contributed by atoms with Crippen LogP contribution < -0.4 is 10.6 Å². The number of allylic oxidation sites excluding steroid dienone is 2. The van der Waals surface area contributed by atoms with E-state index in [4.69, 9.17) is 0 Å². The number of fused-ring (bicyclic) bond motifs is 1. The Bertz CT molecular complexity index is 293. The first-order valence-corrected chi connectivity index (χ1v) is 3.89. The van der Waals surface area contributed by atoms with E-state index >= 15 is 0 Å². The predicted octanol–water partition coefficient (Wildman–Crippen LogP) is 0.0701. The first kappa shape index (κ1) is 7.21. The van der Waals surface area contributed by atoms with Crippen LogP contribution in [0.5, 0.6) is 0 Å². The highest BCUT2D eigenvalue weighted by molar-refractivity contribution is 5.90. The van der Waals surface area contributed by atoms with Gasteiger partial charge in [-0.1, -0.05) is 0 Å². The summed E-state index contributed by atoms with van der Waals surface area (Å²) < 4.78 is 0. The van der Waals surface area contributed by atoms with Crippen LogP contribution in [0.15, 0.2) is 23.7 Å². The maximum absolute atomic E-state index is 11.4. The molecule has 0 aromatic heterocycles. The number of carbonyl (C=O) groups is 1. The van der Waals surface area contributed by atoms with Crippen LogP contribution in [0.4, 0.5) is 0 Å². The molecule has 0 saturated heterocycles. The van der Waals surface area contributed by atoms with Crippen LogP contribution in [0.2, 0.25) is 0 Å². The number of nitrogens with zero attached hydrogens (tertiary/aromatic N) is 1. The van der Waals surface area contributed by atoms with Crippen LogP contribution >= 0.6 is 0 Å². The van der Waals surface area contributed by atoms with Gasteiger partial charge in [-0.3, -0.25) is 9.69 Å². The van der Waals surface area contributed by atoms with E-state index in [1.165, 1.54) is 0 Å². The Morgan fingerprint density at radius 1 is 1.33 bits per heavy atom. The van der Waals surface area contributed by atoms with Crippen LogP contribution in [0.3, 0.4) is 0 Å². The minimum Gasteiger partial charge on any atom is -0.352 e. The van der Waals surface area contributed by atoms with E-state index < -0.39 is 0 Å². The van der Waals surface area contributed by atoms with Gasteiger partial charge in [0.25, 0.3) is 5.91 Å². The molecule has 0 aliphatic carbocycles. The second kappa shape index (κ2) is 2.27. The third kappa shape index (κ3) is 0.958. The highest BCUT2D eigenvalue weighted by Gasteiger charge is 2.29. The SMILES string of the molecule is CC1=CC(=O)N2C=C(C)NC2N1. The average molecular weight is 165 g/mol. The van der Waals surface area contributed by atoms with E-state index in [2.05, 4.69) is 10.6 Å². The lowest BCUT2D eigenvalue weighted by atomic mass is 10.3. The molecule has 1 atom stereocenters. The monoisotopic (exact) mass is 165 g/mol. The summed E-state index contributed by atoms with van der Waals surface area (Å²) in [6.07, 6.45) is 3.32. The van der Waals surface area contributed by atoms with E-state index in [9.17, 15) is 4.79 Å². The normalized spacial score (nSPS) is 27.0. The predicted molar refractivity (Wildman–Crippen MR) is 44.4 cm³/mol. The first-order valence-electron chi connectivity index (χ1n) is 3.89. The first-order chi connectivity index (χ1) is 5.66. The molecule has 2 rings (SSSR count). The van der Waals surface area contributed by atoms with Crippen molar-refractivity contribution in [3.05, 3.63) is 23.7 Å². The standard InChI is InChI=1S/C8H11N3O/c1-5-3-7(12)11-4-6(2)10-8(11)9-5/h3-4,8-10H,1-2H3. The van der Waals surface area contributed by atoms with Gasteiger partial charge < -0.3 is 10.6 Å². The quantitative estimate of drug-likeness (QED) is 0.534. The molecule has 64 valence electrons. The molecule has 2 aliphatic rings. The fourth-order valence-electron chi connectivity index (χ4n) is 1.42. The van der Waals surface area contributed by atoms with Crippen molar-refractivity contribution in [2.75, 3.05) is 0 Å². The summed E-state index contributed by atoms with van der Waals surface area (Å²) >= 11 is 0. The van der Waals surface area contributed by atoms with Crippen LogP contribution in [-0.2, 0) is 4.79 Å². The van der Waals surface area contributed by atoms with E-state index in [-0.39, 0.29) is 12.2 Å². The Morgan fingerprint density at radius 3 is 2.75 bits per heavy atom. The van der Waals surface area contributed by atoms with Crippen molar-refractivity contribution in [2.45, 2.75) is 20.1 Å². The Morgan fingerprint density at radius 2 is 2.00 bits per heavy atom. The second-order valence-corrected chi connectivity index (χ2v) is 3.08. The van der Waals surface area contributed by atoms with Crippen molar-refractivity contribution in [1.29, 1.82) is 0 Å². The molecule has 12 heavy (non-hydrogen) atoms. The van der Waals surface area contributed by atoms with Gasteiger partial charge in [0.1, 0.15) is 0 Å². The topological polar surface area (TPSA) is 44.4 Å². The number of amides is 1. The molecule has 0 fully saturated rings. The van der Waals surface area contributed by atoms with E-state index in [1.807, 2.05) is 20.0 Å². The zero-order valence-electron chi connectivity index (χ0n) is 7.09. The lowest BCUT2D eigenvalue weighted by Crippen LogP contribution is -2.51.